The van der Waals surface area contributed by atoms with Crippen molar-refractivity contribution in [1.29, 1.82) is 0 Å². The van der Waals surface area contributed by atoms with Crippen molar-refractivity contribution >= 4 is 17.8 Å². The molecule has 7 nitrogen and oxygen atoms in total. The number of nitrogens with zero attached hydrogens (tertiary/aromatic N) is 1. The number of nitrogens with one attached hydrogen (secondary N) is 1. The van der Waals surface area contributed by atoms with Crippen LogP contribution >= 0.6 is 0 Å². The molecule has 5 fully saturated rings. The van der Waals surface area contributed by atoms with E-state index in [4.69, 9.17) is 4.74 Å². The molecular weight excluding hydrogens is 636 g/mol. The second-order valence-corrected chi connectivity index (χ2v) is 20.3. The maximum atomic E-state index is 14.8. The molecule has 5 saturated carbocycles. The van der Waals surface area contributed by atoms with E-state index in [9.17, 15) is 19.5 Å². The fourth-order valence-electron chi connectivity index (χ4n) is 13.6. The zero-order valence-electron chi connectivity index (χ0n) is 33.3. The fourth-order valence-corrected chi connectivity index (χ4v) is 13.6. The van der Waals surface area contributed by atoms with Crippen LogP contribution in [0.3, 0.4) is 0 Å². The number of hydrogen-bond donors (Lipinski definition) is 2. The van der Waals surface area contributed by atoms with E-state index in [1.54, 1.807) is 20.0 Å². The zero-order chi connectivity index (χ0) is 37.6. The number of hydrogen-bond acceptors (Lipinski definition) is 5. The lowest BCUT2D eigenvalue weighted by molar-refractivity contribution is -0.249. The SMILES string of the molecule is C=C(C)[C@@H]1CC[C@]2(C(=O)NC(C)(C)c3ccccn3)CC[C@]3(C)C(CCC4[C@@]5(C)CCC(OC(=O)CC(C)(C)C(=O)O)C(C)(C)C5CC[C@]43C)C12. The van der Waals surface area contributed by atoms with Crippen LogP contribution in [0.15, 0.2) is 36.5 Å². The van der Waals surface area contributed by atoms with Crippen molar-refractivity contribution in [2.75, 3.05) is 0 Å². The van der Waals surface area contributed by atoms with E-state index in [1.807, 2.05) is 18.2 Å². The number of carbonyl (C=O) groups excluding carboxylic acids is 2. The standard InChI is InChI=1S/C44H66N2O5/c1-27(2)28-17-22-44(36(48)46-40(7,8)32-14-12-13-25-45-32)24-23-42(10)29(35(28)44)15-16-31-41(9)20-19-33(51-34(47)26-38(3,4)37(49)50)39(5,6)30(41)18-21-43(31,42)11/h12-14,25,28-31,33,35H,1,15-24,26H2,2-11H3,(H,46,48)(H,49,50)/t28-,29?,30?,31?,33?,35?,41-,42+,43+,44-/m0/s1. The van der Waals surface area contributed by atoms with Gasteiger partial charge in [0, 0.05) is 11.6 Å². The average Bonchev–Trinajstić information content (AvgIpc) is 3.44. The van der Waals surface area contributed by atoms with E-state index in [0.717, 1.165) is 69.9 Å². The molecule has 7 heteroatoms. The number of ether oxygens (including phenoxy) is 1. The van der Waals surface area contributed by atoms with Crippen molar-refractivity contribution < 1.29 is 24.2 Å². The van der Waals surface area contributed by atoms with E-state index < -0.39 is 28.3 Å². The van der Waals surface area contributed by atoms with Gasteiger partial charge in [-0.15, -0.1) is 0 Å². The fraction of sp³-hybridized carbons (Fsp3) is 0.773. The molecule has 1 aromatic rings. The van der Waals surface area contributed by atoms with Gasteiger partial charge < -0.3 is 15.2 Å². The minimum Gasteiger partial charge on any atom is -0.481 e. The van der Waals surface area contributed by atoms with Gasteiger partial charge in [-0.3, -0.25) is 19.4 Å². The Hall–Kier alpha value is -2.70. The number of carboxylic acids is 1. The first-order chi connectivity index (χ1) is 23.6. The lowest BCUT2D eigenvalue weighted by atomic mass is 9.32. The van der Waals surface area contributed by atoms with Gasteiger partial charge in [0.15, 0.2) is 0 Å². The number of carboxylic acid groups (broad SMARTS) is 1. The Bertz CT molecular complexity index is 1570. The summed E-state index contributed by atoms with van der Waals surface area (Å²) in [6, 6.07) is 5.93. The molecule has 0 spiro atoms. The van der Waals surface area contributed by atoms with Gasteiger partial charge in [-0.25, -0.2) is 0 Å². The number of aliphatic carboxylic acids is 1. The molecule has 0 radical (unpaired) electrons. The minimum absolute atomic E-state index is 0.1000. The summed E-state index contributed by atoms with van der Waals surface area (Å²) in [5.41, 5.74) is 0.116. The van der Waals surface area contributed by atoms with Gasteiger partial charge in [0.1, 0.15) is 6.10 Å². The lowest BCUT2D eigenvalue weighted by Gasteiger charge is -2.73. The molecule has 2 N–H and O–H groups in total. The summed E-state index contributed by atoms with van der Waals surface area (Å²) in [5, 5.41) is 13.1. The number of allylic oxidation sites excluding steroid dienone is 1. The van der Waals surface area contributed by atoms with E-state index >= 15 is 0 Å². The highest BCUT2D eigenvalue weighted by Crippen LogP contribution is 2.77. The van der Waals surface area contributed by atoms with Crippen molar-refractivity contribution in [2.24, 2.45) is 62.1 Å². The molecule has 0 aliphatic heterocycles. The number of pyridine rings is 1. The van der Waals surface area contributed by atoms with Crippen LogP contribution in [0.5, 0.6) is 0 Å². The first-order valence-corrected chi connectivity index (χ1v) is 19.9. The summed E-state index contributed by atoms with van der Waals surface area (Å²) in [6.07, 6.45) is 11.7. The predicted octanol–water partition coefficient (Wildman–Crippen LogP) is 9.50. The number of esters is 1. The maximum Gasteiger partial charge on any atom is 0.309 e. The van der Waals surface area contributed by atoms with Gasteiger partial charge in [-0.05, 0) is 157 Å². The van der Waals surface area contributed by atoms with E-state index in [2.05, 4.69) is 72.3 Å². The summed E-state index contributed by atoms with van der Waals surface area (Å²) in [6.45, 7) is 26.4. The Labute approximate surface area is 307 Å². The van der Waals surface area contributed by atoms with Crippen LogP contribution < -0.4 is 5.32 Å². The molecule has 1 aromatic heterocycles. The first kappa shape index (κ1) is 38.0. The zero-order valence-corrected chi connectivity index (χ0v) is 33.3. The van der Waals surface area contributed by atoms with Crippen molar-refractivity contribution in [3.8, 4) is 0 Å². The molecule has 0 saturated heterocycles. The van der Waals surface area contributed by atoms with Crippen molar-refractivity contribution in [1.82, 2.24) is 10.3 Å². The van der Waals surface area contributed by atoms with Crippen molar-refractivity contribution in [3.05, 3.63) is 42.2 Å². The molecule has 51 heavy (non-hydrogen) atoms. The van der Waals surface area contributed by atoms with Crippen LogP contribution in [0, 0.1) is 62.1 Å². The number of carbonyl (C=O) groups is 3. The quantitative estimate of drug-likeness (QED) is 0.207. The summed E-state index contributed by atoms with van der Waals surface area (Å²) >= 11 is 0. The molecule has 282 valence electrons. The van der Waals surface area contributed by atoms with E-state index in [0.29, 0.717) is 23.7 Å². The van der Waals surface area contributed by atoms with Gasteiger partial charge in [0.2, 0.25) is 5.91 Å². The highest BCUT2D eigenvalue weighted by Gasteiger charge is 2.72. The third kappa shape index (κ3) is 5.72. The van der Waals surface area contributed by atoms with Crippen LogP contribution in [-0.4, -0.2) is 34.0 Å². The highest BCUT2D eigenvalue weighted by molar-refractivity contribution is 5.84. The molecule has 5 aliphatic carbocycles. The average molecular weight is 703 g/mol. The lowest BCUT2D eigenvalue weighted by Crippen LogP contribution is -2.67. The van der Waals surface area contributed by atoms with Gasteiger partial charge in [-0.2, -0.15) is 0 Å². The molecule has 6 rings (SSSR count). The third-order valence-corrected chi connectivity index (χ3v) is 16.6. The number of fused-ring (bicyclic) bond motifs is 7. The van der Waals surface area contributed by atoms with Crippen LogP contribution in [0.4, 0.5) is 0 Å². The Morgan fingerprint density at radius 3 is 2.24 bits per heavy atom. The van der Waals surface area contributed by atoms with Crippen LogP contribution in [0.1, 0.15) is 146 Å². The normalized spacial score (nSPS) is 40.1. The van der Waals surface area contributed by atoms with Gasteiger partial charge in [0.05, 0.1) is 28.5 Å². The molecule has 1 amide bonds. The maximum absolute atomic E-state index is 14.8. The Morgan fingerprint density at radius 1 is 0.902 bits per heavy atom. The van der Waals surface area contributed by atoms with E-state index in [1.165, 1.54) is 5.57 Å². The topological polar surface area (TPSA) is 106 Å². The predicted molar refractivity (Wildman–Crippen MR) is 200 cm³/mol. The summed E-state index contributed by atoms with van der Waals surface area (Å²) < 4.78 is 6.18. The Kier molecular flexibility index (Phi) is 9.27. The van der Waals surface area contributed by atoms with Gasteiger partial charge in [0.25, 0.3) is 0 Å². The third-order valence-electron chi connectivity index (χ3n) is 16.6. The molecule has 0 aromatic carbocycles. The molecule has 10 atom stereocenters. The minimum atomic E-state index is -1.15. The van der Waals surface area contributed by atoms with Crippen molar-refractivity contribution in [3.63, 3.8) is 0 Å². The second-order valence-electron chi connectivity index (χ2n) is 20.3. The van der Waals surface area contributed by atoms with Crippen LogP contribution in [0.2, 0.25) is 0 Å². The summed E-state index contributed by atoms with van der Waals surface area (Å²) in [5.74, 6) is 0.840. The van der Waals surface area contributed by atoms with E-state index in [-0.39, 0.29) is 46.0 Å². The first-order valence-electron chi connectivity index (χ1n) is 19.9. The Morgan fingerprint density at radius 2 is 1.61 bits per heavy atom. The summed E-state index contributed by atoms with van der Waals surface area (Å²) in [4.78, 5) is 44.2. The molecular formula is C44H66N2O5. The molecule has 0 bridgehead atoms. The molecule has 5 unspecified atom stereocenters. The second kappa shape index (κ2) is 12.4. The number of rotatable bonds is 8. The molecule has 5 aliphatic rings. The molecule has 1 heterocycles. The monoisotopic (exact) mass is 702 g/mol. The number of aromatic nitrogens is 1. The van der Waals surface area contributed by atoms with Crippen molar-refractivity contribution in [2.45, 2.75) is 152 Å². The summed E-state index contributed by atoms with van der Waals surface area (Å²) in [7, 11) is 0. The van der Waals surface area contributed by atoms with Crippen LogP contribution in [-0.2, 0) is 24.7 Å². The van der Waals surface area contributed by atoms with Crippen LogP contribution in [0.25, 0.3) is 0 Å². The largest absolute Gasteiger partial charge is 0.481 e. The Balaban J connectivity index is 1.27. The highest BCUT2D eigenvalue weighted by atomic mass is 16.5. The smallest absolute Gasteiger partial charge is 0.309 e. The van der Waals surface area contributed by atoms with Gasteiger partial charge >= 0.3 is 11.9 Å². The van der Waals surface area contributed by atoms with Gasteiger partial charge in [-0.1, -0.05) is 52.8 Å². The number of amides is 1.